The van der Waals surface area contributed by atoms with Gasteiger partial charge in [-0.1, -0.05) is 34.3 Å². The van der Waals surface area contributed by atoms with Crippen molar-refractivity contribution in [1.29, 1.82) is 0 Å². The van der Waals surface area contributed by atoms with Gasteiger partial charge in [-0.3, -0.25) is 4.90 Å². The minimum absolute atomic E-state index is 0.0829. The van der Waals surface area contributed by atoms with E-state index in [0.29, 0.717) is 59.7 Å². The molecule has 1 aliphatic rings. The van der Waals surface area contributed by atoms with Crippen LogP contribution >= 0.6 is 23.2 Å². The molecule has 1 aliphatic heterocycles. The number of hydrogen-bond donors (Lipinski definition) is 2. The molecule has 0 aliphatic carbocycles. The van der Waals surface area contributed by atoms with Crippen LogP contribution in [0.15, 0.2) is 36.4 Å². The summed E-state index contributed by atoms with van der Waals surface area (Å²) >= 11 is 12.5. The predicted octanol–water partition coefficient (Wildman–Crippen LogP) is 4.88. The highest BCUT2D eigenvalue weighted by Gasteiger charge is 2.44. The maximum Gasteiger partial charge on any atom is 0.493 e. The van der Waals surface area contributed by atoms with E-state index in [1.54, 1.807) is 31.2 Å². The SMILES string of the molecule is CC(Oc1ccc2nc(N(OC(=O)C(F)(F)F)C(=O)NCCN3CCOCC3)[nH]c2c1)c1c(Cl)cccc1Cl. The summed E-state index contributed by atoms with van der Waals surface area (Å²) in [7, 11) is 0. The smallest absolute Gasteiger partial charge is 0.486 e. The number of carbonyl (C=O) groups excluding carboxylic acids is 2. The van der Waals surface area contributed by atoms with Gasteiger partial charge in [0.05, 0.1) is 24.2 Å². The number of ether oxygens (including phenoxy) is 2. The Morgan fingerprint density at radius 2 is 1.90 bits per heavy atom. The summed E-state index contributed by atoms with van der Waals surface area (Å²) in [5.41, 5.74) is 1.15. The number of aromatic amines is 1. The number of hydroxylamine groups is 1. The number of H-pyrrole nitrogens is 1. The second-order valence-corrected chi connectivity index (χ2v) is 9.31. The van der Waals surface area contributed by atoms with Crippen molar-refractivity contribution in [2.75, 3.05) is 44.5 Å². The van der Waals surface area contributed by atoms with Crippen LogP contribution in [0.4, 0.5) is 23.9 Å². The van der Waals surface area contributed by atoms with E-state index < -0.39 is 30.2 Å². The average Bonchev–Trinajstić information content (AvgIpc) is 3.30. The molecule has 1 atom stereocenters. The van der Waals surface area contributed by atoms with Gasteiger partial charge >= 0.3 is 18.2 Å². The number of hydrogen-bond acceptors (Lipinski definition) is 7. The monoisotopic (exact) mass is 589 g/mol. The molecule has 1 unspecified atom stereocenters. The van der Waals surface area contributed by atoms with E-state index in [1.165, 1.54) is 12.1 Å². The van der Waals surface area contributed by atoms with Crippen LogP contribution in [0.2, 0.25) is 10.0 Å². The maximum absolute atomic E-state index is 12.9. The van der Waals surface area contributed by atoms with Gasteiger partial charge in [-0.2, -0.15) is 13.2 Å². The molecule has 0 saturated carbocycles. The molecule has 2 aromatic carbocycles. The lowest BCUT2D eigenvalue weighted by Crippen LogP contribution is -2.47. The zero-order valence-corrected chi connectivity index (χ0v) is 22.1. The van der Waals surface area contributed by atoms with Crippen LogP contribution in [-0.2, 0) is 14.4 Å². The molecule has 39 heavy (non-hydrogen) atoms. The molecule has 15 heteroatoms. The van der Waals surface area contributed by atoms with Crippen LogP contribution in [0.3, 0.4) is 0 Å². The number of morpholine rings is 1. The molecular weight excluding hydrogens is 566 g/mol. The first-order valence-electron chi connectivity index (χ1n) is 11.8. The number of fused-ring (bicyclic) bond motifs is 1. The van der Waals surface area contributed by atoms with Gasteiger partial charge in [0.2, 0.25) is 5.95 Å². The Bertz CT molecular complexity index is 1310. The standard InChI is InChI=1S/C24H24Cl2F3N5O5/c1-14(20-16(25)3-2-4-17(20)26)38-15-5-6-18-19(13-15)32-22(31-18)34(39-21(35)24(27,28)29)23(36)30-7-8-33-9-11-37-12-10-33/h2-6,13-14H,7-12H2,1H3,(H,30,36)(H,31,32). The highest BCUT2D eigenvalue weighted by Crippen LogP contribution is 2.34. The van der Waals surface area contributed by atoms with Crippen molar-refractivity contribution < 1.29 is 37.1 Å². The van der Waals surface area contributed by atoms with E-state index in [9.17, 15) is 22.8 Å². The first-order valence-corrected chi connectivity index (χ1v) is 12.6. The molecule has 0 spiro atoms. The zero-order valence-electron chi connectivity index (χ0n) is 20.6. The van der Waals surface area contributed by atoms with Crippen LogP contribution in [0.1, 0.15) is 18.6 Å². The maximum atomic E-state index is 12.9. The number of nitrogens with one attached hydrogen (secondary N) is 2. The molecule has 2 N–H and O–H groups in total. The van der Waals surface area contributed by atoms with E-state index >= 15 is 0 Å². The Labute approximate surface area is 230 Å². The number of anilines is 1. The fraction of sp³-hybridized carbons (Fsp3) is 0.375. The normalized spacial score (nSPS) is 15.1. The minimum Gasteiger partial charge on any atom is -0.486 e. The molecule has 1 aromatic heterocycles. The topological polar surface area (TPSA) is 109 Å². The van der Waals surface area contributed by atoms with Gasteiger partial charge in [0.1, 0.15) is 11.9 Å². The number of urea groups is 1. The molecule has 1 saturated heterocycles. The van der Waals surface area contributed by atoms with Gasteiger partial charge in [-0.15, -0.1) is 0 Å². The summed E-state index contributed by atoms with van der Waals surface area (Å²) in [6, 6.07) is 8.56. The van der Waals surface area contributed by atoms with Gasteiger partial charge in [-0.05, 0) is 31.2 Å². The highest BCUT2D eigenvalue weighted by molar-refractivity contribution is 6.36. The Morgan fingerprint density at radius 1 is 1.21 bits per heavy atom. The fourth-order valence-electron chi connectivity index (χ4n) is 3.84. The van der Waals surface area contributed by atoms with Gasteiger partial charge in [0.25, 0.3) is 0 Å². The largest absolute Gasteiger partial charge is 0.493 e. The lowest BCUT2D eigenvalue weighted by molar-refractivity contribution is -0.200. The number of imidazole rings is 1. The fourth-order valence-corrected chi connectivity index (χ4v) is 4.54. The molecule has 4 rings (SSSR count). The molecule has 210 valence electrons. The Kier molecular flexibility index (Phi) is 9.05. The second-order valence-electron chi connectivity index (χ2n) is 8.49. The van der Waals surface area contributed by atoms with Gasteiger partial charge in [0.15, 0.2) is 0 Å². The molecule has 3 aromatic rings. The van der Waals surface area contributed by atoms with Crippen molar-refractivity contribution in [3.63, 3.8) is 0 Å². The Hall–Kier alpha value is -3.26. The van der Waals surface area contributed by atoms with Crippen LogP contribution in [0.5, 0.6) is 5.75 Å². The van der Waals surface area contributed by atoms with Crippen molar-refractivity contribution in [2.24, 2.45) is 0 Å². The lowest BCUT2D eigenvalue weighted by atomic mass is 10.1. The second kappa shape index (κ2) is 12.3. The zero-order chi connectivity index (χ0) is 28.2. The molecule has 2 heterocycles. The molecule has 10 nitrogen and oxygen atoms in total. The van der Waals surface area contributed by atoms with Crippen molar-refractivity contribution in [3.8, 4) is 5.75 Å². The molecule has 1 fully saturated rings. The van der Waals surface area contributed by atoms with Crippen molar-refractivity contribution in [1.82, 2.24) is 20.2 Å². The van der Waals surface area contributed by atoms with Gasteiger partial charge in [0, 0.05) is 47.9 Å². The van der Waals surface area contributed by atoms with E-state index in [1.807, 2.05) is 4.90 Å². The van der Waals surface area contributed by atoms with Crippen molar-refractivity contribution in [3.05, 3.63) is 52.0 Å². The summed E-state index contributed by atoms with van der Waals surface area (Å²) in [5, 5.41) is 3.42. The third-order valence-electron chi connectivity index (χ3n) is 5.75. The van der Waals surface area contributed by atoms with E-state index in [4.69, 9.17) is 32.7 Å². The Balaban J connectivity index is 1.52. The Morgan fingerprint density at radius 3 is 2.56 bits per heavy atom. The number of aromatic nitrogens is 2. The first kappa shape index (κ1) is 28.7. The molecule has 2 amide bonds. The summed E-state index contributed by atoms with van der Waals surface area (Å²) in [4.78, 5) is 37.6. The number of alkyl halides is 3. The quantitative estimate of drug-likeness (QED) is 0.378. The first-order chi connectivity index (χ1) is 18.5. The number of carbonyl (C=O) groups is 2. The summed E-state index contributed by atoms with van der Waals surface area (Å²) in [6.45, 7) is 4.63. The van der Waals surface area contributed by atoms with E-state index in [0.717, 1.165) is 0 Å². The average molecular weight is 590 g/mol. The number of nitrogens with zero attached hydrogens (tertiary/aromatic N) is 3. The third-order valence-corrected chi connectivity index (χ3v) is 6.41. The number of rotatable bonds is 7. The predicted molar refractivity (Wildman–Crippen MR) is 137 cm³/mol. The van der Waals surface area contributed by atoms with E-state index in [2.05, 4.69) is 20.1 Å². The van der Waals surface area contributed by atoms with Crippen molar-refractivity contribution in [2.45, 2.75) is 19.2 Å². The molecular formula is C24H24Cl2F3N5O5. The summed E-state index contributed by atoms with van der Waals surface area (Å²) < 4.78 is 50.0. The lowest BCUT2D eigenvalue weighted by Gasteiger charge is -2.27. The van der Waals surface area contributed by atoms with Crippen LogP contribution < -0.4 is 15.1 Å². The molecule has 0 bridgehead atoms. The highest BCUT2D eigenvalue weighted by atomic mass is 35.5. The third kappa shape index (κ3) is 7.24. The van der Waals surface area contributed by atoms with Crippen LogP contribution in [0.25, 0.3) is 11.0 Å². The van der Waals surface area contributed by atoms with Gasteiger partial charge in [-0.25, -0.2) is 14.6 Å². The van der Waals surface area contributed by atoms with E-state index in [-0.39, 0.29) is 17.1 Å². The summed E-state index contributed by atoms with van der Waals surface area (Å²) in [5.74, 6) is -2.67. The van der Waals surface area contributed by atoms with Crippen LogP contribution in [-0.4, -0.2) is 72.4 Å². The minimum atomic E-state index is -5.34. The van der Waals surface area contributed by atoms with Gasteiger partial charge < -0.3 is 24.6 Å². The summed E-state index contributed by atoms with van der Waals surface area (Å²) in [6.07, 6.45) is -5.89. The molecule has 0 radical (unpaired) electrons. The number of benzene rings is 2. The number of halogens is 5. The van der Waals surface area contributed by atoms with Crippen molar-refractivity contribution >= 4 is 52.2 Å². The van der Waals surface area contributed by atoms with Crippen LogP contribution in [0, 0.1) is 0 Å². The number of amides is 2.